The number of benzene rings is 1. The smallest absolute Gasteiger partial charge is 0.304 e. The van der Waals surface area contributed by atoms with Gasteiger partial charge in [-0.25, -0.2) is 4.39 Å². The molecule has 1 rings (SSSR count). The van der Waals surface area contributed by atoms with Crippen LogP contribution in [-0.2, 0) is 16.1 Å². The standard InChI is InChI=1S/C14H19FN2O3/c1-16(8-7-14(19)20)10-13(18)17(2)9-11-5-3-4-6-12(11)15/h3-6H,7-10H2,1-2H3,(H,19,20). The summed E-state index contributed by atoms with van der Waals surface area (Å²) in [7, 11) is 3.28. The van der Waals surface area contributed by atoms with Gasteiger partial charge in [0.25, 0.3) is 0 Å². The van der Waals surface area contributed by atoms with Crippen molar-refractivity contribution < 1.29 is 19.1 Å². The molecular weight excluding hydrogens is 263 g/mol. The molecule has 0 heterocycles. The minimum absolute atomic E-state index is 0.0131. The molecule has 0 aromatic heterocycles. The molecule has 110 valence electrons. The van der Waals surface area contributed by atoms with Crippen molar-refractivity contribution in [1.82, 2.24) is 9.80 Å². The molecule has 0 aliphatic carbocycles. The first kappa shape index (κ1) is 16.1. The van der Waals surface area contributed by atoms with E-state index < -0.39 is 5.97 Å². The van der Waals surface area contributed by atoms with Gasteiger partial charge in [-0.2, -0.15) is 0 Å². The van der Waals surface area contributed by atoms with Crippen molar-refractivity contribution in [3.63, 3.8) is 0 Å². The van der Waals surface area contributed by atoms with E-state index in [-0.39, 0.29) is 31.2 Å². The van der Waals surface area contributed by atoms with Gasteiger partial charge in [-0.3, -0.25) is 14.5 Å². The fourth-order valence-corrected chi connectivity index (χ4v) is 1.69. The summed E-state index contributed by atoms with van der Waals surface area (Å²) < 4.78 is 13.5. The summed E-state index contributed by atoms with van der Waals surface area (Å²) >= 11 is 0. The molecule has 0 bridgehead atoms. The second kappa shape index (κ2) is 7.59. The number of likely N-dealkylation sites (N-methyl/N-ethyl adjacent to an activating group) is 2. The fraction of sp³-hybridized carbons (Fsp3) is 0.429. The summed E-state index contributed by atoms with van der Waals surface area (Å²) in [6.45, 7) is 0.602. The van der Waals surface area contributed by atoms with Crippen LogP contribution in [0.5, 0.6) is 0 Å². The molecule has 1 aromatic carbocycles. The molecule has 0 unspecified atom stereocenters. The van der Waals surface area contributed by atoms with Crippen molar-refractivity contribution in [2.45, 2.75) is 13.0 Å². The lowest BCUT2D eigenvalue weighted by Gasteiger charge is -2.21. The van der Waals surface area contributed by atoms with Gasteiger partial charge in [0.15, 0.2) is 0 Å². The molecule has 0 aliphatic heterocycles. The Labute approximate surface area is 117 Å². The van der Waals surface area contributed by atoms with Crippen LogP contribution in [0.4, 0.5) is 4.39 Å². The highest BCUT2D eigenvalue weighted by Gasteiger charge is 2.14. The van der Waals surface area contributed by atoms with Gasteiger partial charge in [0.2, 0.25) is 5.91 Å². The van der Waals surface area contributed by atoms with Crippen LogP contribution in [0.15, 0.2) is 24.3 Å². The van der Waals surface area contributed by atoms with Crippen molar-refractivity contribution in [3.8, 4) is 0 Å². The number of halogens is 1. The first-order valence-corrected chi connectivity index (χ1v) is 6.28. The average Bonchev–Trinajstić information content (AvgIpc) is 2.39. The largest absolute Gasteiger partial charge is 0.481 e. The van der Waals surface area contributed by atoms with Gasteiger partial charge >= 0.3 is 5.97 Å². The van der Waals surface area contributed by atoms with E-state index in [1.807, 2.05) is 0 Å². The molecule has 5 nitrogen and oxygen atoms in total. The number of hydrogen-bond donors (Lipinski definition) is 1. The lowest BCUT2D eigenvalue weighted by molar-refractivity contribution is -0.138. The van der Waals surface area contributed by atoms with Crippen molar-refractivity contribution in [2.75, 3.05) is 27.2 Å². The van der Waals surface area contributed by atoms with Crippen LogP contribution in [0.2, 0.25) is 0 Å². The van der Waals surface area contributed by atoms with Crippen LogP contribution in [-0.4, -0.2) is 54.0 Å². The molecule has 20 heavy (non-hydrogen) atoms. The monoisotopic (exact) mass is 282 g/mol. The van der Waals surface area contributed by atoms with E-state index in [1.165, 1.54) is 11.0 Å². The van der Waals surface area contributed by atoms with Gasteiger partial charge in [-0.05, 0) is 13.1 Å². The number of carboxylic acids is 1. The second-order valence-corrected chi connectivity index (χ2v) is 4.72. The van der Waals surface area contributed by atoms with Crippen LogP contribution >= 0.6 is 0 Å². The maximum Gasteiger partial charge on any atom is 0.304 e. The topological polar surface area (TPSA) is 60.9 Å². The van der Waals surface area contributed by atoms with Crippen LogP contribution in [0.25, 0.3) is 0 Å². The Bertz CT molecular complexity index is 479. The van der Waals surface area contributed by atoms with Gasteiger partial charge in [-0.15, -0.1) is 0 Å². The molecule has 0 fully saturated rings. The Kier molecular flexibility index (Phi) is 6.11. The molecule has 1 amide bonds. The molecule has 1 N–H and O–H groups in total. The zero-order valence-electron chi connectivity index (χ0n) is 11.7. The molecule has 1 aromatic rings. The number of carboxylic acid groups (broad SMARTS) is 1. The number of carbonyl (C=O) groups excluding carboxylic acids is 1. The highest BCUT2D eigenvalue weighted by molar-refractivity contribution is 5.78. The maximum atomic E-state index is 13.5. The van der Waals surface area contributed by atoms with Crippen molar-refractivity contribution in [2.24, 2.45) is 0 Å². The average molecular weight is 282 g/mol. The zero-order chi connectivity index (χ0) is 15.1. The summed E-state index contributed by atoms with van der Waals surface area (Å²) in [4.78, 5) is 25.4. The van der Waals surface area contributed by atoms with Crippen LogP contribution in [0.1, 0.15) is 12.0 Å². The third-order valence-corrected chi connectivity index (χ3v) is 2.90. The van der Waals surface area contributed by atoms with E-state index >= 15 is 0 Å². The number of amides is 1. The number of hydrogen-bond acceptors (Lipinski definition) is 3. The highest BCUT2D eigenvalue weighted by Crippen LogP contribution is 2.09. The lowest BCUT2D eigenvalue weighted by Crippen LogP contribution is -2.37. The molecule has 0 atom stereocenters. The Morgan fingerprint density at radius 3 is 2.50 bits per heavy atom. The van der Waals surface area contributed by atoms with Crippen LogP contribution in [0, 0.1) is 5.82 Å². The van der Waals surface area contributed by atoms with Crippen molar-refractivity contribution in [1.29, 1.82) is 0 Å². The van der Waals surface area contributed by atoms with Crippen LogP contribution < -0.4 is 0 Å². The Morgan fingerprint density at radius 1 is 1.25 bits per heavy atom. The molecule has 6 heteroatoms. The van der Waals surface area contributed by atoms with Gasteiger partial charge < -0.3 is 10.0 Å². The molecule has 0 aliphatic rings. The van der Waals surface area contributed by atoms with Crippen LogP contribution in [0.3, 0.4) is 0 Å². The summed E-state index contributed by atoms with van der Waals surface area (Å²) in [5, 5.41) is 8.57. The Hall–Kier alpha value is -1.95. The van der Waals surface area contributed by atoms with Crippen molar-refractivity contribution >= 4 is 11.9 Å². The summed E-state index contributed by atoms with van der Waals surface area (Å²) in [5.74, 6) is -1.42. The first-order valence-electron chi connectivity index (χ1n) is 6.28. The number of nitrogens with zero attached hydrogens (tertiary/aromatic N) is 2. The summed E-state index contributed by atoms with van der Waals surface area (Å²) in [5.41, 5.74) is 0.455. The van der Waals surface area contributed by atoms with E-state index in [1.54, 1.807) is 37.2 Å². The minimum Gasteiger partial charge on any atom is -0.481 e. The third kappa shape index (κ3) is 5.36. The SMILES string of the molecule is CN(CCC(=O)O)CC(=O)N(C)Cc1ccccc1F. The third-order valence-electron chi connectivity index (χ3n) is 2.90. The summed E-state index contributed by atoms with van der Waals surface area (Å²) in [6, 6.07) is 6.30. The number of rotatable bonds is 7. The molecule has 0 saturated heterocycles. The lowest BCUT2D eigenvalue weighted by atomic mass is 10.2. The van der Waals surface area contributed by atoms with E-state index in [2.05, 4.69) is 0 Å². The zero-order valence-corrected chi connectivity index (χ0v) is 11.7. The molecular formula is C14H19FN2O3. The molecule has 0 spiro atoms. The first-order chi connectivity index (χ1) is 9.40. The number of carbonyl (C=O) groups is 2. The predicted octanol–water partition coefficient (Wildman–Crippen LogP) is 1.19. The normalized spacial score (nSPS) is 10.6. The Balaban J connectivity index is 2.47. The maximum absolute atomic E-state index is 13.5. The summed E-state index contributed by atoms with van der Waals surface area (Å²) in [6.07, 6.45) is -0.0131. The Morgan fingerprint density at radius 2 is 1.90 bits per heavy atom. The quantitative estimate of drug-likeness (QED) is 0.816. The number of aliphatic carboxylic acids is 1. The van der Waals surface area contributed by atoms with Gasteiger partial charge in [0.1, 0.15) is 5.82 Å². The molecule has 0 saturated carbocycles. The highest BCUT2D eigenvalue weighted by atomic mass is 19.1. The fourth-order valence-electron chi connectivity index (χ4n) is 1.69. The van der Waals surface area contributed by atoms with E-state index in [0.717, 1.165) is 0 Å². The van der Waals surface area contributed by atoms with Gasteiger partial charge in [0, 0.05) is 25.7 Å². The van der Waals surface area contributed by atoms with E-state index in [0.29, 0.717) is 12.1 Å². The van der Waals surface area contributed by atoms with Gasteiger partial charge in [0.05, 0.1) is 13.0 Å². The van der Waals surface area contributed by atoms with Crippen molar-refractivity contribution in [3.05, 3.63) is 35.6 Å². The van der Waals surface area contributed by atoms with E-state index in [9.17, 15) is 14.0 Å². The van der Waals surface area contributed by atoms with Gasteiger partial charge in [-0.1, -0.05) is 18.2 Å². The van der Waals surface area contributed by atoms with E-state index in [4.69, 9.17) is 5.11 Å². The second-order valence-electron chi connectivity index (χ2n) is 4.72. The molecule has 0 radical (unpaired) electrons. The minimum atomic E-state index is -0.899. The predicted molar refractivity (Wildman–Crippen MR) is 72.6 cm³/mol.